The van der Waals surface area contributed by atoms with E-state index in [1.807, 2.05) is 0 Å². The zero-order valence-electron chi connectivity index (χ0n) is 5.57. The Labute approximate surface area is 58.2 Å². The maximum absolute atomic E-state index is 9.85. The number of aromatic amines is 1. The second-order valence-electron chi connectivity index (χ2n) is 1.88. The van der Waals surface area contributed by atoms with Gasteiger partial charge in [0.15, 0.2) is 0 Å². The Morgan fingerprint density at radius 2 is 2.70 bits per heavy atom. The number of aromatic nitrogens is 2. The van der Waals surface area contributed by atoms with Crippen molar-refractivity contribution in [3.63, 3.8) is 0 Å². The van der Waals surface area contributed by atoms with E-state index >= 15 is 0 Å². The van der Waals surface area contributed by atoms with Crippen LogP contribution in [0, 0.1) is 0 Å². The van der Waals surface area contributed by atoms with Crippen LogP contribution >= 0.6 is 0 Å². The van der Waals surface area contributed by atoms with Crippen LogP contribution in [-0.2, 0) is 9.53 Å². The van der Waals surface area contributed by atoms with Crippen molar-refractivity contribution in [2.24, 2.45) is 0 Å². The van der Waals surface area contributed by atoms with E-state index in [2.05, 4.69) is 14.7 Å². The van der Waals surface area contributed by atoms with E-state index < -0.39 is 0 Å². The number of nitrogens with one attached hydrogen (secondary N) is 1. The molecule has 0 saturated heterocycles. The normalized spacial score (nSPS) is 12.5. The zero-order chi connectivity index (χ0) is 7.40. The molecule has 1 atom stereocenters. The predicted octanol–water partition coefficient (Wildman–Crippen LogP) is 0.644. The standard InChI is InChI=1S/C6H8N2O2/c1-5(10-4-9)6-2-7-3-8-6/h2-5H,1H3,(H,7,8)/t5-/m0/s1. The number of carbonyl (C=O) groups excluding carboxylic acids is 1. The summed E-state index contributed by atoms with van der Waals surface area (Å²) in [5.41, 5.74) is 0.798. The predicted molar refractivity (Wildman–Crippen MR) is 34.2 cm³/mol. The summed E-state index contributed by atoms with van der Waals surface area (Å²) in [5, 5.41) is 0. The Bertz CT molecular complexity index is 196. The number of ether oxygens (including phenoxy) is 1. The minimum Gasteiger partial charge on any atom is -0.458 e. The van der Waals surface area contributed by atoms with Crippen molar-refractivity contribution < 1.29 is 9.53 Å². The molecule has 4 nitrogen and oxygen atoms in total. The fourth-order valence-electron chi connectivity index (χ4n) is 0.646. The Kier molecular flexibility index (Phi) is 2.04. The SMILES string of the molecule is C[C@H](OC=O)c1cnc[nH]1. The molecule has 0 unspecified atom stereocenters. The molecule has 0 amide bonds. The topological polar surface area (TPSA) is 55.0 Å². The van der Waals surface area contributed by atoms with Crippen molar-refractivity contribution in [2.75, 3.05) is 0 Å². The molecule has 0 aliphatic rings. The van der Waals surface area contributed by atoms with Gasteiger partial charge in [-0.05, 0) is 6.92 Å². The highest BCUT2D eigenvalue weighted by atomic mass is 16.5. The lowest BCUT2D eigenvalue weighted by atomic mass is 10.3. The average Bonchev–Trinajstić information content (AvgIpc) is 2.38. The van der Waals surface area contributed by atoms with E-state index in [1.54, 1.807) is 19.4 Å². The maximum Gasteiger partial charge on any atom is 0.293 e. The monoisotopic (exact) mass is 140 g/mol. The van der Waals surface area contributed by atoms with Crippen LogP contribution in [0.4, 0.5) is 0 Å². The quantitative estimate of drug-likeness (QED) is 0.627. The zero-order valence-corrected chi connectivity index (χ0v) is 5.57. The van der Waals surface area contributed by atoms with Gasteiger partial charge < -0.3 is 9.72 Å². The first-order valence-electron chi connectivity index (χ1n) is 2.92. The lowest BCUT2D eigenvalue weighted by Crippen LogP contribution is -1.97. The van der Waals surface area contributed by atoms with Gasteiger partial charge in [0, 0.05) is 0 Å². The maximum atomic E-state index is 9.85. The molecule has 4 heteroatoms. The van der Waals surface area contributed by atoms with Crippen molar-refractivity contribution >= 4 is 6.47 Å². The van der Waals surface area contributed by atoms with E-state index in [0.717, 1.165) is 5.69 Å². The first kappa shape index (κ1) is 6.80. The number of hydrogen-bond donors (Lipinski definition) is 1. The summed E-state index contributed by atoms with van der Waals surface area (Å²) in [6, 6.07) is 0. The lowest BCUT2D eigenvalue weighted by molar-refractivity contribution is -0.133. The van der Waals surface area contributed by atoms with Crippen molar-refractivity contribution in [3.8, 4) is 0 Å². The van der Waals surface area contributed by atoms with Gasteiger partial charge in [0.25, 0.3) is 6.47 Å². The van der Waals surface area contributed by atoms with Crippen molar-refractivity contribution in [1.29, 1.82) is 0 Å². The Morgan fingerprint density at radius 1 is 1.90 bits per heavy atom. The molecule has 0 aliphatic carbocycles. The van der Waals surface area contributed by atoms with Crippen LogP contribution in [0.5, 0.6) is 0 Å². The number of nitrogens with zero attached hydrogens (tertiary/aromatic N) is 1. The number of rotatable bonds is 3. The third-order valence-corrected chi connectivity index (χ3v) is 1.22. The van der Waals surface area contributed by atoms with Gasteiger partial charge in [0.2, 0.25) is 0 Å². The molecule has 1 rings (SSSR count). The third-order valence-electron chi connectivity index (χ3n) is 1.22. The van der Waals surface area contributed by atoms with Crippen LogP contribution in [0.2, 0.25) is 0 Å². The molecule has 1 aromatic rings. The molecule has 1 N–H and O–H groups in total. The number of hydrogen-bond acceptors (Lipinski definition) is 3. The summed E-state index contributed by atoms with van der Waals surface area (Å²) in [7, 11) is 0. The van der Waals surface area contributed by atoms with Crippen molar-refractivity contribution in [1.82, 2.24) is 9.97 Å². The molecule has 0 aliphatic heterocycles. The molecule has 0 spiro atoms. The fraction of sp³-hybridized carbons (Fsp3) is 0.333. The van der Waals surface area contributed by atoms with E-state index in [9.17, 15) is 4.79 Å². The molecule has 0 saturated carbocycles. The molecule has 1 aromatic heterocycles. The summed E-state index contributed by atoms with van der Waals surface area (Å²) >= 11 is 0. The Balaban J connectivity index is 2.58. The molecule has 0 fully saturated rings. The lowest BCUT2D eigenvalue weighted by Gasteiger charge is -2.04. The van der Waals surface area contributed by atoms with E-state index in [0.29, 0.717) is 6.47 Å². The first-order valence-corrected chi connectivity index (χ1v) is 2.92. The van der Waals surface area contributed by atoms with Gasteiger partial charge in [0.05, 0.1) is 18.2 Å². The van der Waals surface area contributed by atoms with Gasteiger partial charge in [-0.2, -0.15) is 0 Å². The summed E-state index contributed by atoms with van der Waals surface area (Å²) in [4.78, 5) is 16.5. The highest BCUT2D eigenvalue weighted by Crippen LogP contribution is 2.10. The molecule has 54 valence electrons. The Morgan fingerprint density at radius 3 is 3.20 bits per heavy atom. The highest BCUT2D eigenvalue weighted by Gasteiger charge is 2.04. The van der Waals surface area contributed by atoms with Gasteiger partial charge in [-0.25, -0.2) is 4.98 Å². The average molecular weight is 140 g/mol. The second kappa shape index (κ2) is 3.00. The first-order chi connectivity index (χ1) is 4.84. The molecule has 0 aromatic carbocycles. The number of imidazole rings is 1. The van der Waals surface area contributed by atoms with Gasteiger partial charge in [-0.1, -0.05) is 0 Å². The van der Waals surface area contributed by atoms with Crippen LogP contribution in [0.3, 0.4) is 0 Å². The molecular formula is C6H8N2O2. The molecule has 0 bridgehead atoms. The van der Waals surface area contributed by atoms with Gasteiger partial charge >= 0.3 is 0 Å². The summed E-state index contributed by atoms with van der Waals surface area (Å²) in [6.07, 6.45) is 2.92. The van der Waals surface area contributed by atoms with Gasteiger partial charge in [0.1, 0.15) is 6.10 Å². The molecule has 10 heavy (non-hydrogen) atoms. The van der Waals surface area contributed by atoms with E-state index in [-0.39, 0.29) is 6.10 Å². The van der Waals surface area contributed by atoms with E-state index in [1.165, 1.54) is 0 Å². The summed E-state index contributed by atoms with van der Waals surface area (Å²) in [5.74, 6) is 0. The summed E-state index contributed by atoms with van der Waals surface area (Å²) < 4.78 is 4.63. The largest absolute Gasteiger partial charge is 0.458 e. The molecule has 1 heterocycles. The smallest absolute Gasteiger partial charge is 0.293 e. The minimum absolute atomic E-state index is 0.236. The summed E-state index contributed by atoms with van der Waals surface area (Å²) in [6.45, 7) is 2.19. The fourth-order valence-corrected chi connectivity index (χ4v) is 0.646. The Hall–Kier alpha value is -1.32. The van der Waals surface area contributed by atoms with Gasteiger partial charge in [-0.3, -0.25) is 4.79 Å². The van der Waals surface area contributed by atoms with Crippen LogP contribution in [0.15, 0.2) is 12.5 Å². The minimum atomic E-state index is -0.236. The van der Waals surface area contributed by atoms with Crippen molar-refractivity contribution in [2.45, 2.75) is 13.0 Å². The van der Waals surface area contributed by atoms with Crippen LogP contribution in [0.25, 0.3) is 0 Å². The molecular weight excluding hydrogens is 132 g/mol. The van der Waals surface area contributed by atoms with Crippen LogP contribution < -0.4 is 0 Å². The number of carbonyl (C=O) groups is 1. The van der Waals surface area contributed by atoms with Crippen LogP contribution in [0.1, 0.15) is 18.7 Å². The molecule has 0 radical (unpaired) electrons. The number of H-pyrrole nitrogens is 1. The third kappa shape index (κ3) is 1.34. The highest BCUT2D eigenvalue weighted by molar-refractivity contribution is 5.37. The second-order valence-corrected chi connectivity index (χ2v) is 1.88. The van der Waals surface area contributed by atoms with Crippen LogP contribution in [-0.4, -0.2) is 16.4 Å². The van der Waals surface area contributed by atoms with E-state index in [4.69, 9.17) is 0 Å². The van der Waals surface area contributed by atoms with Crippen molar-refractivity contribution in [3.05, 3.63) is 18.2 Å². The van der Waals surface area contributed by atoms with Gasteiger partial charge in [-0.15, -0.1) is 0 Å².